The first kappa shape index (κ1) is 16.6. The number of piperidine rings is 1. The third-order valence-electron chi connectivity index (χ3n) is 4.57. The van der Waals surface area contributed by atoms with E-state index >= 15 is 0 Å². The minimum Gasteiger partial charge on any atom is -0.334 e. The summed E-state index contributed by atoms with van der Waals surface area (Å²) in [5.41, 5.74) is 2.07. The Bertz CT molecular complexity index is 628. The van der Waals surface area contributed by atoms with Crippen molar-refractivity contribution in [2.45, 2.75) is 38.3 Å². The van der Waals surface area contributed by atoms with Gasteiger partial charge in [-0.25, -0.2) is 0 Å². The largest absolute Gasteiger partial charge is 0.334 e. The molecule has 1 N–H and O–H groups in total. The van der Waals surface area contributed by atoms with Crippen LogP contribution in [0, 0.1) is 0 Å². The van der Waals surface area contributed by atoms with Gasteiger partial charge in [-0.15, -0.1) is 0 Å². The van der Waals surface area contributed by atoms with E-state index in [9.17, 15) is 4.79 Å². The Labute approximate surface area is 142 Å². The number of hydrogen-bond donors (Lipinski definition) is 1. The number of aromatic nitrogens is 3. The molecule has 2 aromatic rings. The van der Waals surface area contributed by atoms with Crippen LogP contribution in [0.3, 0.4) is 0 Å². The topological polar surface area (TPSA) is 65.1 Å². The number of pyridine rings is 1. The van der Waals surface area contributed by atoms with Crippen molar-refractivity contribution in [3.8, 4) is 0 Å². The van der Waals surface area contributed by atoms with E-state index in [1.807, 2.05) is 36.2 Å². The molecule has 1 atom stereocenters. The summed E-state index contributed by atoms with van der Waals surface area (Å²) < 4.78 is 0. The van der Waals surface area contributed by atoms with E-state index in [1.165, 1.54) is 0 Å². The number of aromatic amines is 1. The van der Waals surface area contributed by atoms with Crippen LogP contribution < -0.4 is 0 Å². The fraction of sp³-hybridized carbons (Fsp3) is 0.500. The van der Waals surface area contributed by atoms with E-state index in [4.69, 9.17) is 0 Å². The van der Waals surface area contributed by atoms with Gasteiger partial charge in [0.2, 0.25) is 5.91 Å². The zero-order chi connectivity index (χ0) is 16.8. The number of H-pyrrole nitrogens is 1. The van der Waals surface area contributed by atoms with Crippen LogP contribution in [0.2, 0.25) is 0 Å². The lowest BCUT2D eigenvalue weighted by molar-refractivity contribution is -0.135. The second kappa shape index (κ2) is 8.06. The molecular weight excluding hydrogens is 302 g/mol. The third-order valence-corrected chi connectivity index (χ3v) is 4.57. The Kier molecular flexibility index (Phi) is 5.59. The van der Waals surface area contributed by atoms with Crippen molar-refractivity contribution in [3.63, 3.8) is 0 Å². The number of carbonyl (C=O) groups excluding carboxylic acids is 1. The summed E-state index contributed by atoms with van der Waals surface area (Å²) in [7, 11) is 2.03. The summed E-state index contributed by atoms with van der Waals surface area (Å²) in [6.07, 6.45) is 7.35. The molecule has 6 heteroatoms. The van der Waals surface area contributed by atoms with Crippen molar-refractivity contribution >= 4 is 5.91 Å². The number of amides is 1. The van der Waals surface area contributed by atoms with Crippen LogP contribution >= 0.6 is 0 Å². The lowest BCUT2D eigenvalue weighted by atomic mass is 9.99. The summed E-state index contributed by atoms with van der Waals surface area (Å²) in [5, 5.41) is 7.06. The summed E-state index contributed by atoms with van der Waals surface area (Å²) in [4.78, 5) is 21.2. The summed E-state index contributed by atoms with van der Waals surface area (Å²) >= 11 is 0. The minimum absolute atomic E-state index is 0.148. The first-order valence-corrected chi connectivity index (χ1v) is 8.61. The number of likely N-dealkylation sites (tertiary alicyclic amines) is 1. The molecule has 1 saturated heterocycles. The molecule has 0 spiro atoms. The highest BCUT2D eigenvalue weighted by molar-refractivity contribution is 5.77. The Hall–Kier alpha value is -2.21. The maximum Gasteiger partial charge on any atom is 0.224 e. The number of nitrogens with zero attached hydrogens (tertiary/aromatic N) is 4. The van der Waals surface area contributed by atoms with Crippen molar-refractivity contribution in [1.82, 2.24) is 25.0 Å². The number of nitrogens with one attached hydrogen (secondary N) is 1. The fourth-order valence-electron chi connectivity index (χ4n) is 3.28. The quantitative estimate of drug-likeness (QED) is 0.885. The highest BCUT2D eigenvalue weighted by atomic mass is 16.2. The SMILES string of the molecule is CN(CCC(=O)N1CCCCC1c1ccn[nH]1)Cc1ccccn1. The molecule has 0 radical (unpaired) electrons. The number of carbonyl (C=O) groups is 1. The molecule has 1 fully saturated rings. The molecule has 3 rings (SSSR count). The molecule has 1 aliphatic heterocycles. The van der Waals surface area contributed by atoms with Gasteiger partial charge in [-0.1, -0.05) is 6.07 Å². The average molecular weight is 327 g/mol. The third kappa shape index (κ3) is 4.20. The highest BCUT2D eigenvalue weighted by Gasteiger charge is 2.28. The minimum atomic E-state index is 0.148. The zero-order valence-corrected chi connectivity index (χ0v) is 14.2. The predicted octanol–water partition coefficient (Wildman–Crippen LogP) is 2.38. The normalized spacial score (nSPS) is 18.1. The van der Waals surface area contributed by atoms with Crippen molar-refractivity contribution in [1.29, 1.82) is 0 Å². The van der Waals surface area contributed by atoms with E-state index in [2.05, 4.69) is 20.1 Å². The van der Waals surface area contributed by atoms with Gasteiger partial charge in [0.25, 0.3) is 0 Å². The van der Waals surface area contributed by atoms with Crippen LogP contribution in [0.5, 0.6) is 0 Å². The summed E-state index contributed by atoms with van der Waals surface area (Å²) in [5.74, 6) is 0.224. The molecule has 1 unspecified atom stereocenters. The fourth-order valence-corrected chi connectivity index (χ4v) is 3.28. The van der Waals surface area contributed by atoms with Gasteiger partial charge in [0.15, 0.2) is 0 Å². The van der Waals surface area contributed by atoms with E-state index in [0.29, 0.717) is 6.42 Å². The van der Waals surface area contributed by atoms with E-state index in [1.54, 1.807) is 12.4 Å². The molecule has 128 valence electrons. The Balaban J connectivity index is 1.53. The molecule has 0 saturated carbocycles. The van der Waals surface area contributed by atoms with Crippen LogP contribution in [0.15, 0.2) is 36.7 Å². The highest BCUT2D eigenvalue weighted by Crippen LogP contribution is 2.30. The first-order chi connectivity index (χ1) is 11.7. The van der Waals surface area contributed by atoms with Crippen molar-refractivity contribution < 1.29 is 4.79 Å². The van der Waals surface area contributed by atoms with E-state index < -0.39 is 0 Å². The predicted molar refractivity (Wildman–Crippen MR) is 92.1 cm³/mol. The molecule has 0 bridgehead atoms. The van der Waals surface area contributed by atoms with E-state index in [0.717, 1.165) is 50.3 Å². The lowest BCUT2D eigenvalue weighted by Gasteiger charge is -2.35. The smallest absolute Gasteiger partial charge is 0.224 e. The van der Waals surface area contributed by atoms with Gasteiger partial charge >= 0.3 is 0 Å². The van der Waals surface area contributed by atoms with Crippen LogP contribution in [-0.4, -0.2) is 51.0 Å². The van der Waals surface area contributed by atoms with Gasteiger partial charge in [0.1, 0.15) is 0 Å². The average Bonchev–Trinajstić information content (AvgIpc) is 3.15. The second-order valence-electron chi connectivity index (χ2n) is 6.42. The molecule has 24 heavy (non-hydrogen) atoms. The molecule has 0 aromatic carbocycles. The van der Waals surface area contributed by atoms with Gasteiger partial charge in [-0.3, -0.25) is 14.9 Å². The van der Waals surface area contributed by atoms with Gasteiger partial charge in [-0.05, 0) is 44.5 Å². The van der Waals surface area contributed by atoms with Crippen molar-refractivity contribution in [3.05, 3.63) is 48.0 Å². The van der Waals surface area contributed by atoms with Gasteiger partial charge in [-0.2, -0.15) is 5.10 Å². The maximum atomic E-state index is 12.7. The molecular formula is C18H25N5O. The standard InChI is InChI=1S/C18H25N5O/c1-22(14-15-6-2-4-10-19-15)13-9-18(24)23-12-5-3-7-17(23)16-8-11-20-21-16/h2,4,6,8,10-11,17H,3,5,7,9,12-14H2,1H3,(H,20,21). The second-order valence-corrected chi connectivity index (χ2v) is 6.42. The first-order valence-electron chi connectivity index (χ1n) is 8.61. The number of rotatable bonds is 6. The van der Waals surface area contributed by atoms with Crippen LogP contribution in [-0.2, 0) is 11.3 Å². The molecule has 1 aliphatic rings. The summed E-state index contributed by atoms with van der Waals surface area (Å²) in [6, 6.07) is 8.04. The molecule has 0 aliphatic carbocycles. The van der Waals surface area contributed by atoms with Gasteiger partial charge in [0, 0.05) is 38.4 Å². The Morgan fingerprint density at radius 3 is 3.00 bits per heavy atom. The Morgan fingerprint density at radius 1 is 1.33 bits per heavy atom. The maximum absolute atomic E-state index is 12.7. The van der Waals surface area contributed by atoms with Crippen LogP contribution in [0.1, 0.15) is 43.1 Å². The van der Waals surface area contributed by atoms with Crippen molar-refractivity contribution in [2.75, 3.05) is 20.1 Å². The number of hydrogen-bond acceptors (Lipinski definition) is 4. The van der Waals surface area contributed by atoms with Crippen LogP contribution in [0.25, 0.3) is 0 Å². The molecule has 3 heterocycles. The molecule has 1 amide bonds. The van der Waals surface area contributed by atoms with Gasteiger partial charge < -0.3 is 9.80 Å². The molecule has 2 aromatic heterocycles. The lowest BCUT2D eigenvalue weighted by Crippen LogP contribution is -2.40. The molecule has 6 nitrogen and oxygen atoms in total. The zero-order valence-electron chi connectivity index (χ0n) is 14.2. The van der Waals surface area contributed by atoms with Crippen LogP contribution in [0.4, 0.5) is 0 Å². The monoisotopic (exact) mass is 327 g/mol. The summed E-state index contributed by atoms with van der Waals surface area (Å²) in [6.45, 7) is 2.34. The van der Waals surface area contributed by atoms with Crippen molar-refractivity contribution in [2.24, 2.45) is 0 Å². The Morgan fingerprint density at radius 2 is 2.25 bits per heavy atom. The van der Waals surface area contributed by atoms with Gasteiger partial charge in [0.05, 0.1) is 17.4 Å². The van der Waals surface area contributed by atoms with E-state index in [-0.39, 0.29) is 11.9 Å².